The van der Waals surface area contributed by atoms with Gasteiger partial charge in [0.05, 0.1) is 0 Å². The summed E-state index contributed by atoms with van der Waals surface area (Å²) in [5, 5.41) is 11.6. The van der Waals surface area contributed by atoms with Crippen LogP contribution in [0, 0.1) is 0 Å². The van der Waals surface area contributed by atoms with E-state index in [9.17, 15) is 4.79 Å². The molecule has 3 nitrogen and oxygen atoms in total. The minimum Gasteiger partial charge on any atom is -0.372 e. The molecule has 0 aliphatic heterocycles. The first-order valence-electron chi connectivity index (χ1n) is 2.13. The summed E-state index contributed by atoms with van der Waals surface area (Å²) in [6.07, 6.45) is 0.0601. The molecule has 0 heterocycles. The van der Waals surface area contributed by atoms with E-state index in [1.807, 2.05) is 0 Å². The van der Waals surface area contributed by atoms with Gasteiger partial charge in [-0.05, 0) is 6.42 Å². The maximum absolute atomic E-state index is 9.45. The molecule has 1 unspecified atom stereocenters. The van der Waals surface area contributed by atoms with Gasteiger partial charge in [-0.15, -0.1) is 0 Å². The number of carbonyl (C=O) groups excluding carboxylic acids is 1. The smallest absolute Gasteiger partial charge is 0.230 e. The van der Waals surface area contributed by atoms with Gasteiger partial charge in [0, 0.05) is 0 Å². The van der Waals surface area contributed by atoms with Gasteiger partial charge in [0.25, 0.3) is 0 Å². The molecule has 3 heteroatoms. The van der Waals surface area contributed by atoms with Crippen molar-refractivity contribution in [3.63, 3.8) is 0 Å². The van der Waals surface area contributed by atoms with E-state index in [1.54, 1.807) is 6.92 Å². The molecule has 1 radical (unpaired) electrons. The zero-order valence-corrected chi connectivity index (χ0v) is 4.16. The van der Waals surface area contributed by atoms with Gasteiger partial charge in [0.15, 0.2) is 0 Å². The highest BCUT2D eigenvalue weighted by molar-refractivity contribution is 5.45. The maximum Gasteiger partial charge on any atom is 0.230 e. The Balaban J connectivity index is 2.98. The summed E-state index contributed by atoms with van der Waals surface area (Å²) < 4.78 is 0. The van der Waals surface area contributed by atoms with Crippen LogP contribution in [0.1, 0.15) is 13.3 Å². The Morgan fingerprint density at radius 1 is 2.00 bits per heavy atom. The topological polar surface area (TPSA) is 51.4 Å². The quantitative estimate of drug-likeness (QED) is 0.487. The molecule has 0 aliphatic rings. The van der Waals surface area contributed by atoms with E-state index in [-0.39, 0.29) is 0 Å². The van der Waals surface area contributed by atoms with E-state index in [1.165, 1.54) is 0 Å². The van der Waals surface area contributed by atoms with Gasteiger partial charge in [0.1, 0.15) is 6.23 Å². The van der Waals surface area contributed by atoms with Crippen LogP contribution in [-0.4, -0.2) is 17.7 Å². The average molecular weight is 102 g/mol. The monoisotopic (exact) mass is 102 g/mol. The Labute approximate surface area is 42.3 Å². The molecule has 0 saturated carbocycles. The first-order valence-corrected chi connectivity index (χ1v) is 2.13. The lowest BCUT2D eigenvalue weighted by Gasteiger charge is -1.98. The van der Waals surface area contributed by atoms with Crippen molar-refractivity contribution in [3.05, 3.63) is 0 Å². The van der Waals surface area contributed by atoms with Crippen molar-refractivity contribution in [1.82, 2.24) is 5.32 Å². The van der Waals surface area contributed by atoms with Crippen molar-refractivity contribution >= 4 is 6.41 Å². The van der Waals surface area contributed by atoms with Gasteiger partial charge in [-0.25, -0.2) is 5.32 Å². The lowest BCUT2D eigenvalue weighted by molar-refractivity contribution is -0.112. The zero-order chi connectivity index (χ0) is 5.70. The van der Waals surface area contributed by atoms with Crippen molar-refractivity contribution in [1.29, 1.82) is 0 Å². The summed E-state index contributed by atoms with van der Waals surface area (Å²) in [7, 11) is 0. The molecule has 41 valence electrons. The van der Waals surface area contributed by atoms with Crippen molar-refractivity contribution in [2.45, 2.75) is 19.6 Å². The van der Waals surface area contributed by atoms with Gasteiger partial charge in [-0.1, -0.05) is 6.92 Å². The molecule has 0 saturated heterocycles. The van der Waals surface area contributed by atoms with Crippen LogP contribution in [0.15, 0.2) is 0 Å². The molecule has 0 aromatic rings. The van der Waals surface area contributed by atoms with Gasteiger partial charge >= 0.3 is 0 Å². The SMILES string of the molecule is CCC(O)[N]C=O. The number of aliphatic hydroxyl groups is 1. The number of nitrogens with zero attached hydrogens (tertiary/aromatic N) is 1. The Morgan fingerprint density at radius 2 is 2.57 bits per heavy atom. The fraction of sp³-hybridized carbons (Fsp3) is 0.750. The van der Waals surface area contributed by atoms with Crippen LogP contribution in [0.25, 0.3) is 0 Å². The van der Waals surface area contributed by atoms with Crippen molar-refractivity contribution in [2.24, 2.45) is 0 Å². The minimum absolute atomic E-state index is 0.355. The second-order valence-electron chi connectivity index (χ2n) is 1.14. The van der Waals surface area contributed by atoms with E-state index in [0.717, 1.165) is 0 Å². The molecule has 7 heavy (non-hydrogen) atoms. The molecule has 0 aromatic heterocycles. The second kappa shape index (κ2) is 3.61. The van der Waals surface area contributed by atoms with Crippen LogP contribution < -0.4 is 5.32 Å². The highest BCUT2D eigenvalue weighted by Crippen LogP contribution is 1.80. The third-order valence-corrected chi connectivity index (χ3v) is 0.598. The Kier molecular flexibility index (Phi) is 3.32. The molecular weight excluding hydrogens is 94.0 g/mol. The lowest BCUT2D eigenvalue weighted by atomic mass is 10.4. The van der Waals surface area contributed by atoms with Crippen LogP contribution in [0.3, 0.4) is 0 Å². The minimum atomic E-state index is -0.794. The molecular formula is C4H8NO2. The molecule has 1 atom stereocenters. The van der Waals surface area contributed by atoms with Crippen LogP contribution >= 0.6 is 0 Å². The Morgan fingerprint density at radius 3 is 2.71 bits per heavy atom. The normalized spacial score (nSPS) is 12.9. The molecule has 0 rings (SSSR count). The number of aliphatic hydroxyl groups excluding tert-OH is 1. The van der Waals surface area contributed by atoms with Crippen molar-refractivity contribution in [2.75, 3.05) is 0 Å². The summed E-state index contributed by atoms with van der Waals surface area (Å²) in [5.41, 5.74) is 0. The predicted octanol–water partition coefficient (Wildman–Crippen LogP) is -0.524. The summed E-state index contributed by atoms with van der Waals surface area (Å²) in [6.45, 7) is 1.75. The highest BCUT2D eigenvalue weighted by Gasteiger charge is 1.94. The van der Waals surface area contributed by atoms with Crippen LogP contribution in [0.5, 0.6) is 0 Å². The number of amides is 1. The van der Waals surface area contributed by atoms with Crippen LogP contribution in [0.4, 0.5) is 0 Å². The predicted molar refractivity (Wildman–Crippen MR) is 24.5 cm³/mol. The molecule has 0 bridgehead atoms. The van der Waals surface area contributed by atoms with Crippen LogP contribution in [-0.2, 0) is 4.79 Å². The molecule has 1 N–H and O–H groups in total. The molecule has 0 aromatic carbocycles. The number of rotatable bonds is 3. The average Bonchev–Trinajstić information content (AvgIpc) is 1.68. The standard InChI is InChI=1S/C4H8NO2/c1-2-4(7)5-3-6/h3-4,7H,2H2,1H3. The molecule has 0 fully saturated rings. The largest absolute Gasteiger partial charge is 0.372 e. The van der Waals surface area contributed by atoms with E-state index < -0.39 is 6.23 Å². The first kappa shape index (κ1) is 6.43. The Bertz CT molecular complexity index is 55.7. The van der Waals surface area contributed by atoms with E-state index in [4.69, 9.17) is 5.11 Å². The second-order valence-corrected chi connectivity index (χ2v) is 1.14. The van der Waals surface area contributed by atoms with Crippen molar-refractivity contribution in [3.8, 4) is 0 Å². The number of hydrogen-bond donors (Lipinski definition) is 1. The Hall–Kier alpha value is -0.570. The molecule has 0 aliphatic carbocycles. The van der Waals surface area contributed by atoms with E-state index in [0.29, 0.717) is 12.8 Å². The van der Waals surface area contributed by atoms with Gasteiger partial charge in [0.2, 0.25) is 6.41 Å². The summed E-state index contributed by atoms with van der Waals surface area (Å²) >= 11 is 0. The molecule has 0 spiro atoms. The lowest BCUT2D eigenvalue weighted by Crippen LogP contribution is -2.18. The highest BCUT2D eigenvalue weighted by atomic mass is 16.3. The van der Waals surface area contributed by atoms with Gasteiger partial charge < -0.3 is 5.11 Å². The summed E-state index contributed by atoms with van der Waals surface area (Å²) in [5.74, 6) is 0. The number of carbonyl (C=O) groups is 1. The fourth-order valence-corrected chi connectivity index (χ4v) is 0.176. The van der Waals surface area contributed by atoms with Gasteiger partial charge in [-0.3, -0.25) is 4.79 Å². The third kappa shape index (κ3) is 3.26. The summed E-state index contributed by atoms with van der Waals surface area (Å²) in [6, 6.07) is 0. The first-order chi connectivity index (χ1) is 3.31. The fourth-order valence-electron chi connectivity index (χ4n) is 0.176. The zero-order valence-electron chi connectivity index (χ0n) is 4.16. The summed E-state index contributed by atoms with van der Waals surface area (Å²) in [4.78, 5) is 9.45. The van der Waals surface area contributed by atoms with Gasteiger partial charge in [-0.2, -0.15) is 0 Å². The third-order valence-electron chi connectivity index (χ3n) is 0.598. The van der Waals surface area contributed by atoms with E-state index in [2.05, 4.69) is 5.32 Å². The molecule has 1 amide bonds. The van der Waals surface area contributed by atoms with E-state index >= 15 is 0 Å². The number of hydrogen-bond acceptors (Lipinski definition) is 2. The van der Waals surface area contributed by atoms with Crippen molar-refractivity contribution < 1.29 is 9.90 Å². The maximum atomic E-state index is 9.45. The van der Waals surface area contributed by atoms with Crippen LogP contribution in [0.2, 0.25) is 0 Å².